The van der Waals surface area contributed by atoms with E-state index in [9.17, 15) is 0 Å². The maximum atomic E-state index is 6.32. The molecule has 57 heavy (non-hydrogen) atoms. The summed E-state index contributed by atoms with van der Waals surface area (Å²) in [4.78, 5) is 27.8. The Balaban J connectivity index is 1.03. The van der Waals surface area contributed by atoms with Crippen LogP contribution in [0, 0.1) is 23.7 Å². The minimum Gasteiger partial charge on any atom is -0.493 e. The van der Waals surface area contributed by atoms with Crippen molar-refractivity contribution in [3.05, 3.63) is 181 Å². The van der Waals surface area contributed by atoms with Gasteiger partial charge in [-0.3, -0.25) is 19.9 Å². The van der Waals surface area contributed by atoms with E-state index >= 15 is 0 Å². The van der Waals surface area contributed by atoms with Crippen molar-refractivity contribution >= 4 is 0 Å². The zero-order valence-corrected chi connectivity index (χ0v) is 30.6. The Bertz CT molecular complexity index is 2520. The fraction of sp³-hybridized carbons (Fsp3) is 0.0612. The quantitative estimate of drug-likeness (QED) is 0.165. The van der Waals surface area contributed by atoms with Crippen molar-refractivity contribution in [3.8, 4) is 91.9 Å². The molecule has 0 N–H and O–H groups in total. The Morgan fingerprint density at radius 2 is 0.702 bits per heavy atom. The maximum absolute atomic E-state index is 6.32. The van der Waals surface area contributed by atoms with Crippen LogP contribution in [0.5, 0.6) is 11.5 Å². The maximum Gasteiger partial charge on any atom is 0.128 e. The van der Waals surface area contributed by atoms with Crippen LogP contribution >= 0.6 is 0 Å². The van der Waals surface area contributed by atoms with Crippen molar-refractivity contribution in [2.75, 3.05) is 13.2 Å². The van der Waals surface area contributed by atoms with E-state index < -0.39 is 0 Å². The van der Waals surface area contributed by atoms with Gasteiger partial charge in [-0.1, -0.05) is 47.9 Å². The van der Waals surface area contributed by atoms with Crippen LogP contribution in [0.15, 0.2) is 158 Å². The number of hydrogen-bond donors (Lipinski definition) is 0. The molecule has 8 heteroatoms. The Morgan fingerprint density at radius 3 is 1.04 bits per heavy atom. The van der Waals surface area contributed by atoms with E-state index in [2.05, 4.69) is 43.6 Å². The summed E-state index contributed by atoms with van der Waals surface area (Å²) in [5, 5.41) is 0. The molecule has 1 aliphatic rings. The highest BCUT2D eigenvalue weighted by Crippen LogP contribution is 2.39. The summed E-state index contributed by atoms with van der Waals surface area (Å²) < 4.78 is 12.6. The van der Waals surface area contributed by atoms with Crippen LogP contribution in [0.3, 0.4) is 0 Å². The summed E-state index contributed by atoms with van der Waals surface area (Å²) in [6.07, 6.45) is 7.76. The van der Waals surface area contributed by atoms with Crippen LogP contribution in [0.25, 0.3) is 56.7 Å². The lowest BCUT2D eigenvalue weighted by molar-refractivity contribution is 0.252. The number of ether oxygens (including phenoxy) is 2. The Morgan fingerprint density at radius 1 is 0.351 bits per heavy atom. The molecule has 0 fully saturated rings. The van der Waals surface area contributed by atoms with Crippen molar-refractivity contribution in [1.82, 2.24) is 29.9 Å². The summed E-state index contributed by atoms with van der Waals surface area (Å²) in [6, 6.07) is 43.0. The SMILES string of the molecule is C(#Cc1ccc2c(c1)OCCCOc1cc(C#Cc3cc(-c4ccccn4)nc(-c4ccccn4)c3)ccc1-2)c1cc(-c2ccccn2)nc(-c2ccccn2)c1. The number of fused-ring (bicyclic) bond motifs is 3. The molecule has 7 heterocycles. The topological polar surface area (TPSA) is 95.8 Å². The fourth-order valence-electron chi connectivity index (χ4n) is 6.38. The largest absolute Gasteiger partial charge is 0.493 e. The van der Waals surface area contributed by atoms with Crippen molar-refractivity contribution < 1.29 is 9.47 Å². The van der Waals surface area contributed by atoms with Crippen LogP contribution in [-0.4, -0.2) is 43.1 Å². The molecule has 2 aromatic carbocycles. The minimum atomic E-state index is 0.509. The number of pyridine rings is 6. The summed E-state index contributed by atoms with van der Waals surface area (Å²) >= 11 is 0. The smallest absolute Gasteiger partial charge is 0.128 e. The molecule has 0 bridgehead atoms. The normalized spacial score (nSPS) is 11.6. The lowest BCUT2D eigenvalue weighted by Crippen LogP contribution is -2.03. The van der Waals surface area contributed by atoms with E-state index in [0.717, 1.165) is 96.9 Å². The van der Waals surface area contributed by atoms with E-state index in [1.54, 1.807) is 24.8 Å². The molecular weight excluding hydrogens is 705 g/mol. The van der Waals surface area contributed by atoms with Gasteiger partial charge in [0.25, 0.3) is 0 Å². The lowest BCUT2D eigenvalue weighted by atomic mass is 9.99. The predicted octanol–water partition coefficient (Wildman–Crippen LogP) is 9.35. The summed E-state index contributed by atoms with van der Waals surface area (Å²) in [5.74, 6) is 14.9. The molecule has 0 radical (unpaired) electrons. The van der Waals surface area contributed by atoms with Crippen LogP contribution < -0.4 is 9.47 Å². The Hall–Kier alpha value is -7.94. The van der Waals surface area contributed by atoms with Gasteiger partial charge in [0, 0.05) is 64.6 Å². The van der Waals surface area contributed by atoms with Crippen molar-refractivity contribution in [2.45, 2.75) is 6.42 Å². The highest BCUT2D eigenvalue weighted by Gasteiger charge is 2.16. The molecule has 9 rings (SSSR count). The van der Waals surface area contributed by atoms with Gasteiger partial charge >= 0.3 is 0 Å². The molecule has 0 atom stereocenters. The molecule has 270 valence electrons. The molecule has 1 aliphatic heterocycles. The van der Waals surface area contributed by atoms with Gasteiger partial charge in [0.05, 0.1) is 58.8 Å². The first-order valence-electron chi connectivity index (χ1n) is 18.5. The number of hydrogen-bond acceptors (Lipinski definition) is 8. The zero-order valence-electron chi connectivity index (χ0n) is 30.6. The summed E-state index contributed by atoms with van der Waals surface area (Å²) in [7, 11) is 0. The molecule has 6 aromatic heterocycles. The predicted molar refractivity (Wildman–Crippen MR) is 221 cm³/mol. The lowest BCUT2D eigenvalue weighted by Gasteiger charge is -2.13. The highest BCUT2D eigenvalue weighted by atomic mass is 16.5. The third kappa shape index (κ3) is 8.12. The first-order valence-corrected chi connectivity index (χ1v) is 18.5. The van der Waals surface area contributed by atoms with Crippen LogP contribution in [-0.2, 0) is 0 Å². The van der Waals surface area contributed by atoms with E-state index in [1.807, 2.05) is 133 Å². The molecule has 0 aliphatic carbocycles. The molecule has 0 amide bonds. The molecule has 0 saturated carbocycles. The van der Waals surface area contributed by atoms with Crippen LogP contribution in [0.1, 0.15) is 28.7 Å². The summed E-state index contributed by atoms with van der Waals surface area (Å²) in [5.41, 5.74) is 11.1. The zero-order chi connectivity index (χ0) is 38.2. The van der Waals surface area contributed by atoms with Gasteiger partial charge in [-0.25, -0.2) is 9.97 Å². The van der Waals surface area contributed by atoms with E-state index in [-0.39, 0.29) is 0 Å². The van der Waals surface area contributed by atoms with E-state index in [0.29, 0.717) is 13.2 Å². The molecule has 8 nitrogen and oxygen atoms in total. The molecule has 0 spiro atoms. The first kappa shape index (κ1) is 34.8. The van der Waals surface area contributed by atoms with Gasteiger partial charge < -0.3 is 9.47 Å². The second-order valence-electron chi connectivity index (χ2n) is 13.1. The number of nitrogens with zero attached hydrogens (tertiary/aromatic N) is 6. The van der Waals surface area contributed by atoms with Gasteiger partial charge in [0.1, 0.15) is 11.5 Å². The molecule has 0 unspecified atom stereocenters. The minimum absolute atomic E-state index is 0.509. The van der Waals surface area contributed by atoms with Gasteiger partial charge in [-0.05, 0) is 109 Å². The number of rotatable bonds is 4. The Labute approximate surface area is 330 Å². The molecular formula is C49H32N6O2. The average molecular weight is 737 g/mol. The standard InChI is InChI=1S/C49H32N6O2/c1-5-22-50-40(10-1)44-28-36(29-45(54-44)41-11-2-6-23-51-41)16-14-34-18-20-38-39-21-19-35(33-49(39)57-27-9-26-56-48(38)32-34)15-17-37-30-46(42-12-3-7-24-52-42)55-47(31-37)43-13-4-8-25-53-43/h1-8,10-13,18-25,28-33H,9,26-27H2. The van der Waals surface area contributed by atoms with E-state index in [1.165, 1.54) is 0 Å². The van der Waals surface area contributed by atoms with Gasteiger partial charge in [-0.15, -0.1) is 0 Å². The van der Waals surface area contributed by atoms with E-state index in [4.69, 9.17) is 19.4 Å². The molecule has 0 saturated heterocycles. The first-order chi connectivity index (χ1) is 28.2. The third-order valence-corrected chi connectivity index (χ3v) is 9.12. The van der Waals surface area contributed by atoms with Crippen LogP contribution in [0.4, 0.5) is 0 Å². The van der Waals surface area contributed by atoms with Gasteiger partial charge in [-0.2, -0.15) is 0 Å². The van der Waals surface area contributed by atoms with Gasteiger partial charge in [0.15, 0.2) is 0 Å². The highest BCUT2D eigenvalue weighted by molar-refractivity contribution is 5.78. The third-order valence-electron chi connectivity index (χ3n) is 9.12. The van der Waals surface area contributed by atoms with Crippen LogP contribution in [0.2, 0.25) is 0 Å². The number of benzene rings is 2. The fourth-order valence-corrected chi connectivity index (χ4v) is 6.38. The summed E-state index contributed by atoms with van der Waals surface area (Å²) in [6.45, 7) is 1.02. The second kappa shape index (κ2) is 16.2. The Kier molecular flexibility index (Phi) is 9.89. The van der Waals surface area contributed by atoms with Gasteiger partial charge in [0.2, 0.25) is 0 Å². The van der Waals surface area contributed by atoms with Crippen molar-refractivity contribution in [3.63, 3.8) is 0 Å². The average Bonchev–Trinajstić information content (AvgIpc) is 3.37. The second-order valence-corrected chi connectivity index (χ2v) is 13.1. The molecule has 8 aromatic rings. The van der Waals surface area contributed by atoms with Crippen molar-refractivity contribution in [1.29, 1.82) is 0 Å². The monoisotopic (exact) mass is 736 g/mol. The van der Waals surface area contributed by atoms with Crippen molar-refractivity contribution in [2.24, 2.45) is 0 Å². The number of aromatic nitrogens is 6.